The van der Waals surface area contributed by atoms with E-state index in [0.29, 0.717) is 34.3 Å². The molecular formula is C17H17N3O4. The van der Waals surface area contributed by atoms with E-state index in [1.165, 1.54) is 0 Å². The van der Waals surface area contributed by atoms with Gasteiger partial charge in [-0.15, -0.1) is 0 Å². The maximum Gasteiger partial charge on any atom is 0.260 e. The molecule has 0 fully saturated rings. The monoisotopic (exact) mass is 327 g/mol. The standard InChI is InChI=1S/C17H17N3O4/c1-9-12(8-21)15(10(2)18-9)17-19-16(20-24-17)11-5-6-13(22-3)14(7-11)23-4/h5-8,18H,1-4H3. The van der Waals surface area contributed by atoms with Gasteiger partial charge in [0.1, 0.15) is 0 Å². The summed E-state index contributed by atoms with van der Waals surface area (Å²) in [5.74, 6) is 1.89. The van der Waals surface area contributed by atoms with Gasteiger partial charge in [-0.2, -0.15) is 4.98 Å². The van der Waals surface area contributed by atoms with Crippen molar-refractivity contribution in [1.29, 1.82) is 0 Å². The Morgan fingerprint density at radius 1 is 1.12 bits per heavy atom. The number of carbonyl (C=O) groups excluding carboxylic acids is 1. The van der Waals surface area contributed by atoms with Gasteiger partial charge < -0.3 is 19.0 Å². The van der Waals surface area contributed by atoms with Gasteiger partial charge in [0, 0.05) is 22.5 Å². The third-order valence-corrected chi connectivity index (χ3v) is 3.82. The number of methoxy groups -OCH3 is 2. The second kappa shape index (κ2) is 6.19. The number of nitrogens with one attached hydrogen (secondary N) is 1. The molecule has 1 aromatic carbocycles. The normalized spacial score (nSPS) is 10.7. The second-order valence-electron chi connectivity index (χ2n) is 5.27. The van der Waals surface area contributed by atoms with Gasteiger partial charge in [0.25, 0.3) is 5.89 Å². The Labute approximate surface area is 138 Å². The molecule has 0 aliphatic rings. The summed E-state index contributed by atoms with van der Waals surface area (Å²) >= 11 is 0. The molecule has 0 radical (unpaired) electrons. The zero-order chi connectivity index (χ0) is 17.3. The highest BCUT2D eigenvalue weighted by atomic mass is 16.5. The molecule has 3 rings (SSSR count). The maximum absolute atomic E-state index is 11.3. The number of aromatic amines is 1. The molecule has 0 saturated carbocycles. The summed E-state index contributed by atoms with van der Waals surface area (Å²) in [5.41, 5.74) is 3.44. The third-order valence-electron chi connectivity index (χ3n) is 3.82. The minimum absolute atomic E-state index is 0.295. The zero-order valence-electron chi connectivity index (χ0n) is 13.8. The highest BCUT2D eigenvalue weighted by Crippen LogP contribution is 2.33. The molecule has 0 spiro atoms. The fourth-order valence-electron chi connectivity index (χ4n) is 2.64. The van der Waals surface area contributed by atoms with Crippen molar-refractivity contribution in [3.05, 3.63) is 35.2 Å². The van der Waals surface area contributed by atoms with E-state index in [0.717, 1.165) is 23.2 Å². The largest absolute Gasteiger partial charge is 0.493 e. The molecule has 2 heterocycles. The topological polar surface area (TPSA) is 90.2 Å². The van der Waals surface area contributed by atoms with Crippen LogP contribution in [0.3, 0.4) is 0 Å². The molecule has 3 aromatic rings. The number of hydrogen-bond donors (Lipinski definition) is 1. The molecule has 0 aliphatic carbocycles. The first-order valence-electron chi connectivity index (χ1n) is 7.29. The molecule has 7 heteroatoms. The first-order chi connectivity index (χ1) is 11.6. The van der Waals surface area contributed by atoms with Crippen LogP contribution >= 0.6 is 0 Å². The Kier molecular flexibility index (Phi) is 4.07. The fraction of sp³-hybridized carbons (Fsp3) is 0.235. The summed E-state index contributed by atoms with van der Waals surface area (Å²) in [5, 5.41) is 4.01. The molecule has 0 amide bonds. The molecule has 0 unspecified atom stereocenters. The molecule has 0 atom stereocenters. The van der Waals surface area contributed by atoms with Crippen LogP contribution in [0.25, 0.3) is 22.8 Å². The minimum atomic E-state index is 0.295. The Bertz CT molecular complexity index is 895. The van der Waals surface area contributed by atoms with Gasteiger partial charge in [0.05, 0.1) is 19.8 Å². The number of carbonyl (C=O) groups is 1. The Morgan fingerprint density at radius 3 is 2.54 bits per heavy atom. The van der Waals surface area contributed by atoms with E-state index in [1.54, 1.807) is 26.4 Å². The number of aromatic nitrogens is 3. The molecule has 7 nitrogen and oxygen atoms in total. The van der Waals surface area contributed by atoms with Gasteiger partial charge in [-0.3, -0.25) is 4.79 Å². The number of rotatable bonds is 5. The lowest BCUT2D eigenvalue weighted by molar-refractivity contribution is 0.112. The van der Waals surface area contributed by atoms with E-state index in [1.807, 2.05) is 19.9 Å². The second-order valence-corrected chi connectivity index (χ2v) is 5.27. The van der Waals surface area contributed by atoms with E-state index < -0.39 is 0 Å². The first-order valence-corrected chi connectivity index (χ1v) is 7.29. The lowest BCUT2D eigenvalue weighted by atomic mass is 10.1. The highest BCUT2D eigenvalue weighted by molar-refractivity contribution is 5.88. The van der Waals surface area contributed by atoms with E-state index in [4.69, 9.17) is 14.0 Å². The van der Waals surface area contributed by atoms with Crippen molar-refractivity contribution in [3.63, 3.8) is 0 Å². The molecule has 24 heavy (non-hydrogen) atoms. The molecular weight excluding hydrogens is 310 g/mol. The highest BCUT2D eigenvalue weighted by Gasteiger charge is 2.20. The van der Waals surface area contributed by atoms with Gasteiger partial charge in [-0.1, -0.05) is 5.16 Å². The Morgan fingerprint density at radius 2 is 1.88 bits per heavy atom. The van der Waals surface area contributed by atoms with Gasteiger partial charge in [0.15, 0.2) is 17.8 Å². The number of hydrogen-bond acceptors (Lipinski definition) is 6. The fourth-order valence-corrected chi connectivity index (χ4v) is 2.64. The third kappa shape index (κ3) is 2.54. The van der Waals surface area contributed by atoms with Crippen LogP contribution in [-0.2, 0) is 0 Å². The van der Waals surface area contributed by atoms with Gasteiger partial charge in [0.2, 0.25) is 5.82 Å². The van der Waals surface area contributed by atoms with E-state index in [9.17, 15) is 4.79 Å². The summed E-state index contributed by atoms with van der Waals surface area (Å²) in [7, 11) is 3.13. The molecule has 0 bridgehead atoms. The van der Waals surface area contributed by atoms with Crippen LogP contribution in [0.2, 0.25) is 0 Å². The lowest BCUT2D eigenvalue weighted by Crippen LogP contribution is -1.91. The smallest absolute Gasteiger partial charge is 0.260 e. The summed E-state index contributed by atoms with van der Waals surface area (Å²) < 4.78 is 15.9. The molecule has 0 aliphatic heterocycles. The number of nitrogens with zero attached hydrogens (tertiary/aromatic N) is 2. The minimum Gasteiger partial charge on any atom is -0.493 e. The van der Waals surface area contributed by atoms with Crippen LogP contribution < -0.4 is 9.47 Å². The lowest BCUT2D eigenvalue weighted by Gasteiger charge is -2.07. The number of ether oxygens (including phenoxy) is 2. The van der Waals surface area contributed by atoms with Crippen molar-refractivity contribution in [2.24, 2.45) is 0 Å². The van der Waals surface area contributed by atoms with Crippen molar-refractivity contribution >= 4 is 6.29 Å². The predicted molar refractivity (Wildman–Crippen MR) is 87.5 cm³/mol. The van der Waals surface area contributed by atoms with Crippen LogP contribution in [0, 0.1) is 13.8 Å². The van der Waals surface area contributed by atoms with Crippen LogP contribution in [-0.4, -0.2) is 35.6 Å². The number of aldehydes is 1. The zero-order valence-corrected chi connectivity index (χ0v) is 13.8. The van der Waals surface area contributed by atoms with Crippen molar-refractivity contribution in [2.45, 2.75) is 13.8 Å². The van der Waals surface area contributed by atoms with E-state index in [-0.39, 0.29) is 0 Å². The van der Waals surface area contributed by atoms with E-state index in [2.05, 4.69) is 15.1 Å². The molecule has 2 aromatic heterocycles. The van der Waals surface area contributed by atoms with E-state index >= 15 is 0 Å². The number of benzene rings is 1. The van der Waals surface area contributed by atoms with Crippen LogP contribution in [0.4, 0.5) is 0 Å². The predicted octanol–water partition coefficient (Wildman–Crippen LogP) is 3.18. The van der Waals surface area contributed by atoms with Crippen molar-refractivity contribution in [1.82, 2.24) is 15.1 Å². The van der Waals surface area contributed by atoms with Crippen molar-refractivity contribution in [2.75, 3.05) is 14.2 Å². The van der Waals surface area contributed by atoms with Crippen LogP contribution in [0.5, 0.6) is 11.5 Å². The SMILES string of the molecule is COc1ccc(-c2noc(-c3c(C)[nH]c(C)c3C=O)n2)cc1OC. The molecule has 1 N–H and O–H groups in total. The quantitative estimate of drug-likeness (QED) is 0.724. The Hall–Kier alpha value is -3.09. The summed E-state index contributed by atoms with van der Waals surface area (Å²) in [6.45, 7) is 3.68. The number of aryl methyl sites for hydroxylation is 2. The van der Waals surface area contributed by atoms with Crippen LogP contribution in [0.1, 0.15) is 21.7 Å². The van der Waals surface area contributed by atoms with Crippen molar-refractivity contribution < 1.29 is 18.8 Å². The van der Waals surface area contributed by atoms with Crippen LogP contribution in [0.15, 0.2) is 22.7 Å². The summed E-state index contributed by atoms with van der Waals surface area (Å²) in [6, 6.07) is 5.35. The first kappa shape index (κ1) is 15.8. The Balaban J connectivity index is 2.05. The summed E-state index contributed by atoms with van der Waals surface area (Å²) in [4.78, 5) is 18.8. The molecule has 124 valence electrons. The van der Waals surface area contributed by atoms with Gasteiger partial charge in [-0.25, -0.2) is 0 Å². The van der Waals surface area contributed by atoms with Gasteiger partial charge in [-0.05, 0) is 32.0 Å². The number of H-pyrrole nitrogens is 1. The molecule has 0 saturated heterocycles. The average Bonchev–Trinajstić information content (AvgIpc) is 3.17. The average molecular weight is 327 g/mol. The maximum atomic E-state index is 11.3. The van der Waals surface area contributed by atoms with Gasteiger partial charge >= 0.3 is 0 Å². The van der Waals surface area contributed by atoms with Crippen molar-refractivity contribution in [3.8, 4) is 34.3 Å². The summed E-state index contributed by atoms with van der Waals surface area (Å²) in [6.07, 6.45) is 0.786.